The summed E-state index contributed by atoms with van der Waals surface area (Å²) in [6.45, 7) is 4.55. The molecule has 3 nitrogen and oxygen atoms in total. The Bertz CT molecular complexity index is 661. The van der Waals surface area contributed by atoms with E-state index >= 15 is 0 Å². The van der Waals surface area contributed by atoms with Crippen molar-refractivity contribution in [3.8, 4) is 6.07 Å². The van der Waals surface area contributed by atoms with Crippen molar-refractivity contribution in [3.05, 3.63) is 55.6 Å². The molecular formula is C14H14N2OS. The van der Waals surface area contributed by atoms with E-state index in [-0.39, 0.29) is 11.1 Å². The van der Waals surface area contributed by atoms with Gasteiger partial charge in [0.25, 0.3) is 5.56 Å². The second-order valence-corrected chi connectivity index (χ2v) is 5.37. The summed E-state index contributed by atoms with van der Waals surface area (Å²) in [5.74, 6) is 0. The van der Waals surface area contributed by atoms with Crippen LogP contribution in [-0.4, -0.2) is 4.57 Å². The molecule has 18 heavy (non-hydrogen) atoms. The summed E-state index contributed by atoms with van der Waals surface area (Å²) in [5, 5.41) is 8.88. The van der Waals surface area contributed by atoms with Gasteiger partial charge in [0.05, 0.1) is 6.54 Å². The number of aryl methyl sites for hydroxylation is 2. The summed E-state index contributed by atoms with van der Waals surface area (Å²) >= 11 is 1.72. The summed E-state index contributed by atoms with van der Waals surface area (Å²) in [5.41, 5.74) is 0.877. The molecule has 0 saturated carbocycles. The highest BCUT2D eigenvalue weighted by Gasteiger charge is 2.07. The Morgan fingerprint density at radius 1 is 1.28 bits per heavy atom. The van der Waals surface area contributed by atoms with Gasteiger partial charge in [-0.1, -0.05) is 6.92 Å². The van der Waals surface area contributed by atoms with Crippen LogP contribution in [0.4, 0.5) is 0 Å². The second kappa shape index (κ2) is 5.19. The maximum atomic E-state index is 12.0. The van der Waals surface area contributed by atoms with Gasteiger partial charge in [-0.2, -0.15) is 5.26 Å². The molecule has 0 atom stereocenters. The van der Waals surface area contributed by atoms with Crippen LogP contribution in [0.5, 0.6) is 0 Å². The molecular weight excluding hydrogens is 244 g/mol. The van der Waals surface area contributed by atoms with Gasteiger partial charge in [-0.15, -0.1) is 11.3 Å². The molecule has 0 amide bonds. The molecule has 0 aromatic carbocycles. The zero-order valence-electron chi connectivity index (χ0n) is 10.4. The van der Waals surface area contributed by atoms with E-state index in [9.17, 15) is 4.79 Å². The Balaban J connectivity index is 2.40. The summed E-state index contributed by atoms with van der Waals surface area (Å²) in [4.78, 5) is 14.5. The largest absolute Gasteiger partial charge is 0.307 e. The Morgan fingerprint density at radius 3 is 2.61 bits per heavy atom. The molecule has 0 fully saturated rings. The van der Waals surface area contributed by atoms with Crippen molar-refractivity contribution < 1.29 is 0 Å². The van der Waals surface area contributed by atoms with Gasteiger partial charge in [-0.3, -0.25) is 4.79 Å². The fourth-order valence-corrected chi connectivity index (χ4v) is 2.75. The highest BCUT2D eigenvalue weighted by molar-refractivity contribution is 7.11. The van der Waals surface area contributed by atoms with Crippen LogP contribution in [-0.2, 0) is 13.0 Å². The third-order valence-electron chi connectivity index (χ3n) is 2.89. The van der Waals surface area contributed by atoms with Crippen LogP contribution in [0.25, 0.3) is 0 Å². The minimum atomic E-state index is -0.205. The van der Waals surface area contributed by atoms with Crippen molar-refractivity contribution in [2.75, 3.05) is 0 Å². The van der Waals surface area contributed by atoms with Crippen molar-refractivity contribution in [2.24, 2.45) is 0 Å². The summed E-state index contributed by atoms with van der Waals surface area (Å²) in [6.07, 6.45) is 1.01. The van der Waals surface area contributed by atoms with E-state index in [2.05, 4.69) is 19.1 Å². The van der Waals surface area contributed by atoms with Crippen molar-refractivity contribution >= 4 is 11.3 Å². The Hall–Kier alpha value is -1.86. The number of thiophene rings is 1. The van der Waals surface area contributed by atoms with Gasteiger partial charge in [0.1, 0.15) is 11.6 Å². The molecule has 0 unspecified atom stereocenters. The zero-order chi connectivity index (χ0) is 13.1. The molecule has 0 aliphatic carbocycles. The zero-order valence-corrected chi connectivity index (χ0v) is 11.3. The Labute approximate surface area is 110 Å². The second-order valence-electron chi connectivity index (χ2n) is 4.11. The smallest absolute Gasteiger partial charge is 0.268 e. The molecule has 92 valence electrons. The molecule has 0 aliphatic heterocycles. The molecule has 0 spiro atoms. The number of nitriles is 1. The van der Waals surface area contributed by atoms with Gasteiger partial charge in [-0.05, 0) is 37.6 Å². The number of hydrogen-bond donors (Lipinski definition) is 0. The number of hydrogen-bond acceptors (Lipinski definition) is 3. The first-order chi connectivity index (χ1) is 8.65. The van der Waals surface area contributed by atoms with Crippen LogP contribution in [0.1, 0.15) is 27.9 Å². The molecule has 2 aromatic heterocycles. The fraction of sp³-hybridized carbons (Fsp3) is 0.286. The lowest BCUT2D eigenvalue weighted by atomic mass is 10.2. The normalized spacial score (nSPS) is 10.3. The molecule has 0 bridgehead atoms. The van der Waals surface area contributed by atoms with Crippen molar-refractivity contribution in [2.45, 2.75) is 26.8 Å². The maximum absolute atomic E-state index is 12.0. The van der Waals surface area contributed by atoms with Gasteiger partial charge in [-0.25, -0.2) is 0 Å². The lowest BCUT2D eigenvalue weighted by molar-refractivity contribution is 0.736. The molecule has 4 heteroatoms. The predicted octanol–water partition coefficient (Wildman–Crippen LogP) is 2.70. The van der Waals surface area contributed by atoms with Crippen LogP contribution in [0.15, 0.2) is 29.1 Å². The van der Waals surface area contributed by atoms with E-state index in [4.69, 9.17) is 5.26 Å². The van der Waals surface area contributed by atoms with Crippen LogP contribution in [0.3, 0.4) is 0 Å². The SMILES string of the molecule is CCc1ccc(Cn2c(C)ccc(C#N)c2=O)s1. The maximum Gasteiger partial charge on any atom is 0.268 e. The predicted molar refractivity (Wildman–Crippen MR) is 73.0 cm³/mol. The van der Waals surface area contributed by atoms with E-state index in [1.54, 1.807) is 22.0 Å². The first-order valence-electron chi connectivity index (χ1n) is 5.84. The van der Waals surface area contributed by atoms with Gasteiger partial charge in [0.15, 0.2) is 0 Å². The van der Waals surface area contributed by atoms with E-state index in [0.717, 1.165) is 17.0 Å². The summed E-state index contributed by atoms with van der Waals surface area (Å²) < 4.78 is 1.66. The number of pyridine rings is 1. The third-order valence-corrected chi connectivity index (χ3v) is 4.11. The number of nitrogens with zero attached hydrogens (tertiary/aromatic N) is 2. The monoisotopic (exact) mass is 258 g/mol. The average molecular weight is 258 g/mol. The van der Waals surface area contributed by atoms with E-state index in [0.29, 0.717) is 6.54 Å². The van der Waals surface area contributed by atoms with Gasteiger partial charge >= 0.3 is 0 Å². The van der Waals surface area contributed by atoms with Crippen LogP contribution in [0.2, 0.25) is 0 Å². The molecule has 2 aromatic rings. The van der Waals surface area contributed by atoms with Crippen molar-refractivity contribution in [1.82, 2.24) is 4.57 Å². The standard InChI is InChI=1S/C14H14N2OS/c1-3-12-6-7-13(18-12)9-16-10(2)4-5-11(8-15)14(16)17/h4-7H,3,9H2,1-2H3. The van der Waals surface area contributed by atoms with Gasteiger partial charge < -0.3 is 4.57 Å². The quantitative estimate of drug-likeness (QED) is 0.849. The summed E-state index contributed by atoms with van der Waals surface area (Å²) in [7, 11) is 0. The van der Waals surface area contributed by atoms with Gasteiger partial charge in [0, 0.05) is 15.4 Å². The molecule has 0 radical (unpaired) electrons. The fourth-order valence-electron chi connectivity index (χ4n) is 1.81. The van der Waals surface area contributed by atoms with Gasteiger partial charge in [0.2, 0.25) is 0 Å². The van der Waals surface area contributed by atoms with E-state index < -0.39 is 0 Å². The van der Waals surface area contributed by atoms with Crippen molar-refractivity contribution in [1.29, 1.82) is 5.26 Å². The average Bonchev–Trinajstić information content (AvgIpc) is 2.82. The van der Waals surface area contributed by atoms with E-state index in [1.807, 2.05) is 19.1 Å². The molecule has 2 heterocycles. The van der Waals surface area contributed by atoms with Crippen molar-refractivity contribution in [3.63, 3.8) is 0 Å². The number of aromatic nitrogens is 1. The molecule has 0 N–H and O–H groups in total. The molecule has 0 aliphatic rings. The molecule has 0 saturated heterocycles. The lowest BCUT2D eigenvalue weighted by Crippen LogP contribution is -2.24. The van der Waals surface area contributed by atoms with Crippen LogP contribution >= 0.6 is 11.3 Å². The molecule has 2 rings (SSSR count). The highest BCUT2D eigenvalue weighted by atomic mass is 32.1. The Kier molecular flexibility index (Phi) is 3.63. The van der Waals surface area contributed by atoms with Crippen LogP contribution < -0.4 is 5.56 Å². The number of rotatable bonds is 3. The minimum Gasteiger partial charge on any atom is -0.307 e. The highest BCUT2D eigenvalue weighted by Crippen LogP contribution is 2.18. The van der Waals surface area contributed by atoms with Crippen LogP contribution in [0, 0.1) is 18.3 Å². The first kappa shape index (κ1) is 12.6. The van der Waals surface area contributed by atoms with E-state index in [1.165, 1.54) is 4.88 Å². The third kappa shape index (κ3) is 2.36. The lowest BCUT2D eigenvalue weighted by Gasteiger charge is -2.08. The topological polar surface area (TPSA) is 45.8 Å². The summed E-state index contributed by atoms with van der Waals surface area (Å²) in [6, 6.07) is 9.47. The Morgan fingerprint density at radius 2 is 2.00 bits per heavy atom. The minimum absolute atomic E-state index is 0.202. The first-order valence-corrected chi connectivity index (χ1v) is 6.65.